The molecule has 0 bridgehead atoms. The number of hydrogen-bond donors (Lipinski definition) is 1. The Hall–Kier alpha value is -4.58. The van der Waals surface area contributed by atoms with Gasteiger partial charge in [0.15, 0.2) is 12.0 Å². The lowest BCUT2D eigenvalue weighted by Gasteiger charge is -2.37. The number of ether oxygens (including phenoxy) is 2. The predicted octanol–water partition coefficient (Wildman–Crippen LogP) is 5.23. The minimum atomic E-state index is -0.270. The van der Waals surface area contributed by atoms with E-state index in [1.165, 1.54) is 0 Å². The molecule has 35 heavy (non-hydrogen) atoms. The molecule has 0 spiro atoms. The molecule has 5 aromatic rings. The summed E-state index contributed by atoms with van der Waals surface area (Å²) in [6.45, 7) is 0.180. The number of carbonyl (C=O) groups is 1. The smallest absolute Gasteiger partial charge is 0.265 e. The molecule has 0 fully saturated rings. The van der Waals surface area contributed by atoms with E-state index in [-0.39, 0.29) is 24.0 Å². The molecule has 6 nitrogen and oxygen atoms in total. The van der Waals surface area contributed by atoms with Crippen molar-refractivity contribution in [1.29, 1.82) is 0 Å². The zero-order valence-electron chi connectivity index (χ0n) is 18.8. The van der Waals surface area contributed by atoms with Gasteiger partial charge in [-0.2, -0.15) is 0 Å². The Kier molecular flexibility index (Phi) is 5.19. The molecule has 0 saturated heterocycles. The average molecular weight is 463 g/mol. The molecular formula is C29H22N2O4. The Morgan fingerprint density at radius 1 is 0.886 bits per heavy atom. The molecule has 1 aliphatic heterocycles. The van der Waals surface area contributed by atoms with Crippen LogP contribution in [-0.2, 0) is 4.79 Å². The van der Waals surface area contributed by atoms with Crippen LogP contribution in [0.15, 0.2) is 102 Å². The number of aromatic nitrogens is 1. The van der Waals surface area contributed by atoms with Crippen molar-refractivity contribution in [2.45, 2.75) is 6.04 Å². The standard InChI is InChI=1S/C29H22N2O4/c32-28(31-25-12-6-7-13-27(25)35-17-26(31)19-8-2-1-3-9-19)18-34-20-14-15-24-22(16-20)29(33)21-10-4-5-11-23(21)30-24/h1-16,26H,17-18H2,(H,30,33)/t26-/m0/s1. The van der Waals surface area contributed by atoms with Gasteiger partial charge in [0.1, 0.15) is 18.1 Å². The summed E-state index contributed by atoms with van der Waals surface area (Å²) < 4.78 is 11.9. The highest BCUT2D eigenvalue weighted by atomic mass is 16.5. The SMILES string of the molecule is O=C(COc1ccc2[nH]c3ccccc3c(=O)c2c1)N1c2ccccc2OC[C@H]1c1ccccc1. The lowest BCUT2D eigenvalue weighted by molar-refractivity contribution is -0.121. The number of fused-ring (bicyclic) bond motifs is 3. The molecule has 0 aliphatic carbocycles. The van der Waals surface area contributed by atoms with Crippen molar-refractivity contribution in [2.24, 2.45) is 0 Å². The number of rotatable bonds is 4. The predicted molar refractivity (Wildman–Crippen MR) is 136 cm³/mol. The molecule has 1 amide bonds. The first-order valence-electron chi connectivity index (χ1n) is 11.5. The molecule has 6 heteroatoms. The Morgan fingerprint density at radius 2 is 1.63 bits per heavy atom. The number of hydrogen-bond acceptors (Lipinski definition) is 4. The van der Waals surface area contributed by atoms with Gasteiger partial charge in [-0.25, -0.2) is 0 Å². The molecule has 6 rings (SSSR count). The van der Waals surface area contributed by atoms with Gasteiger partial charge in [-0.3, -0.25) is 14.5 Å². The number of nitrogens with one attached hydrogen (secondary N) is 1. The van der Waals surface area contributed by atoms with E-state index >= 15 is 0 Å². The maximum absolute atomic E-state index is 13.5. The van der Waals surface area contributed by atoms with E-state index in [4.69, 9.17) is 9.47 Å². The Bertz CT molecular complexity index is 1610. The van der Waals surface area contributed by atoms with Crippen molar-refractivity contribution >= 4 is 33.4 Å². The largest absolute Gasteiger partial charge is 0.489 e. The van der Waals surface area contributed by atoms with Crippen LogP contribution in [0.25, 0.3) is 21.8 Å². The first-order valence-corrected chi connectivity index (χ1v) is 11.5. The molecule has 1 N–H and O–H groups in total. The monoisotopic (exact) mass is 462 g/mol. The number of pyridine rings is 1. The summed E-state index contributed by atoms with van der Waals surface area (Å²) >= 11 is 0. The van der Waals surface area contributed by atoms with E-state index in [0.717, 1.165) is 16.6 Å². The van der Waals surface area contributed by atoms with E-state index in [1.54, 1.807) is 29.2 Å². The van der Waals surface area contributed by atoms with Crippen LogP contribution in [0.1, 0.15) is 11.6 Å². The van der Waals surface area contributed by atoms with Crippen molar-refractivity contribution in [1.82, 2.24) is 4.98 Å². The summed E-state index contributed by atoms with van der Waals surface area (Å²) in [6.07, 6.45) is 0. The first kappa shape index (κ1) is 21.0. The van der Waals surface area contributed by atoms with Crippen LogP contribution in [0.2, 0.25) is 0 Å². The van der Waals surface area contributed by atoms with Gasteiger partial charge in [0.2, 0.25) is 0 Å². The number of amides is 1. The maximum Gasteiger partial charge on any atom is 0.265 e. The van der Waals surface area contributed by atoms with Gasteiger partial charge < -0.3 is 14.5 Å². The van der Waals surface area contributed by atoms with Crippen LogP contribution in [0.3, 0.4) is 0 Å². The molecule has 2 heterocycles. The first-order chi connectivity index (χ1) is 17.2. The highest BCUT2D eigenvalue weighted by molar-refractivity contribution is 5.97. The van der Waals surface area contributed by atoms with Crippen molar-refractivity contribution in [3.05, 3.63) is 113 Å². The zero-order valence-corrected chi connectivity index (χ0v) is 18.8. The van der Waals surface area contributed by atoms with Gasteiger partial charge in [0.05, 0.1) is 17.2 Å². The number of nitrogens with zero attached hydrogens (tertiary/aromatic N) is 1. The zero-order chi connectivity index (χ0) is 23.8. The van der Waals surface area contributed by atoms with Crippen LogP contribution in [-0.4, -0.2) is 24.1 Å². The third kappa shape index (κ3) is 3.79. The number of carbonyl (C=O) groups excluding carboxylic acids is 1. The molecule has 1 atom stereocenters. The minimum absolute atomic E-state index is 0.0719. The molecule has 1 aromatic heterocycles. The molecule has 0 unspecified atom stereocenters. The fourth-order valence-corrected chi connectivity index (χ4v) is 4.62. The average Bonchev–Trinajstić information content (AvgIpc) is 2.92. The normalized spacial score (nSPS) is 15.0. The summed E-state index contributed by atoms with van der Waals surface area (Å²) in [5.41, 5.74) is 3.13. The summed E-state index contributed by atoms with van der Waals surface area (Å²) in [5.74, 6) is 0.934. The van der Waals surface area contributed by atoms with E-state index < -0.39 is 0 Å². The second-order valence-corrected chi connectivity index (χ2v) is 8.46. The van der Waals surface area contributed by atoms with E-state index in [9.17, 15) is 9.59 Å². The van der Waals surface area contributed by atoms with Gasteiger partial charge in [0.25, 0.3) is 5.91 Å². The highest BCUT2D eigenvalue weighted by Gasteiger charge is 2.33. The molecule has 172 valence electrons. The van der Waals surface area contributed by atoms with Crippen LogP contribution in [0.4, 0.5) is 5.69 Å². The van der Waals surface area contributed by atoms with E-state index in [1.807, 2.05) is 72.8 Å². The number of benzene rings is 4. The number of H-pyrrole nitrogens is 1. The molecule has 0 radical (unpaired) electrons. The van der Waals surface area contributed by atoms with Gasteiger partial charge in [-0.1, -0.05) is 54.6 Å². The molecule has 0 saturated carbocycles. The van der Waals surface area contributed by atoms with Gasteiger partial charge in [-0.05, 0) is 48.0 Å². The number of para-hydroxylation sites is 3. The van der Waals surface area contributed by atoms with Crippen molar-refractivity contribution in [3.8, 4) is 11.5 Å². The van der Waals surface area contributed by atoms with Gasteiger partial charge >= 0.3 is 0 Å². The number of anilines is 1. The number of aromatic amines is 1. The Morgan fingerprint density at radius 3 is 2.51 bits per heavy atom. The Labute approximate surface area is 201 Å². The summed E-state index contributed by atoms with van der Waals surface area (Å²) in [6, 6.07) is 29.7. The summed E-state index contributed by atoms with van der Waals surface area (Å²) in [7, 11) is 0. The van der Waals surface area contributed by atoms with Crippen molar-refractivity contribution in [3.63, 3.8) is 0 Å². The summed E-state index contributed by atoms with van der Waals surface area (Å²) in [4.78, 5) is 31.5. The topological polar surface area (TPSA) is 71.6 Å². The van der Waals surface area contributed by atoms with Gasteiger partial charge in [-0.15, -0.1) is 0 Å². The minimum Gasteiger partial charge on any atom is -0.489 e. The second-order valence-electron chi connectivity index (χ2n) is 8.46. The summed E-state index contributed by atoms with van der Waals surface area (Å²) in [5, 5.41) is 1.14. The van der Waals surface area contributed by atoms with Crippen LogP contribution >= 0.6 is 0 Å². The lowest BCUT2D eigenvalue weighted by atomic mass is 10.0. The fraction of sp³-hybridized carbons (Fsp3) is 0.103. The van der Waals surface area contributed by atoms with Crippen LogP contribution < -0.4 is 19.8 Å². The second kappa shape index (κ2) is 8.65. The van der Waals surface area contributed by atoms with E-state index in [2.05, 4.69) is 4.98 Å². The molecule has 4 aromatic carbocycles. The molecule has 1 aliphatic rings. The van der Waals surface area contributed by atoms with Crippen LogP contribution in [0, 0.1) is 0 Å². The third-order valence-electron chi connectivity index (χ3n) is 6.33. The third-order valence-corrected chi connectivity index (χ3v) is 6.33. The fourth-order valence-electron chi connectivity index (χ4n) is 4.62. The van der Waals surface area contributed by atoms with Crippen LogP contribution in [0.5, 0.6) is 11.5 Å². The molecular weight excluding hydrogens is 440 g/mol. The van der Waals surface area contributed by atoms with Crippen molar-refractivity contribution < 1.29 is 14.3 Å². The van der Waals surface area contributed by atoms with Gasteiger partial charge in [0, 0.05) is 16.3 Å². The van der Waals surface area contributed by atoms with Crippen molar-refractivity contribution in [2.75, 3.05) is 18.1 Å². The quantitative estimate of drug-likeness (QED) is 0.372. The Balaban J connectivity index is 1.30. The lowest BCUT2D eigenvalue weighted by Crippen LogP contribution is -2.43. The highest BCUT2D eigenvalue weighted by Crippen LogP contribution is 2.39. The van der Waals surface area contributed by atoms with E-state index in [0.29, 0.717) is 34.6 Å². The maximum atomic E-state index is 13.5.